The lowest BCUT2D eigenvalue weighted by Crippen LogP contribution is -2.48. The molecule has 0 spiro atoms. The number of carbonyl (C=O) groups excluding carboxylic acids is 1. The highest BCUT2D eigenvalue weighted by molar-refractivity contribution is 5.89. The number of nitro groups is 1. The molecule has 0 aliphatic heterocycles. The highest BCUT2D eigenvalue weighted by Gasteiger charge is 2.34. The minimum Gasteiger partial charge on any atom is -0.388 e. The zero-order valence-corrected chi connectivity index (χ0v) is 10.3. The van der Waals surface area contributed by atoms with Crippen molar-refractivity contribution in [2.45, 2.75) is 24.9 Å². The van der Waals surface area contributed by atoms with E-state index in [1.807, 2.05) is 0 Å². The van der Waals surface area contributed by atoms with E-state index in [-0.39, 0.29) is 12.2 Å². The van der Waals surface area contributed by atoms with Crippen LogP contribution in [0.25, 0.3) is 0 Å². The monoisotopic (exact) mass is 265 g/mol. The number of non-ortho nitro benzene ring substituents is 1. The first-order chi connectivity index (χ1) is 8.98. The van der Waals surface area contributed by atoms with Crippen molar-refractivity contribution >= 4 is 17.4 Å². The van der Waals surface area contributed by atoms with Gasteiger partial charge in [0.25, 0.3) is 5.69 Å². The SMILES string of the molecule is O=C(NCC1(O)CCC1)Nc1cccc([N+](=O)[O-])c1. The average Bonchev–Trinajstić information content (AvgIpc) is 2.34. The summed E-state index contributed by atoms with van der Waals surface area (Å²) in [6, 6.07) is 5.19. The van der Waals surface area contributed by atoms with E-state index in [1.54, 1.807) is 6.07 Å². The van der Waals surface area contributed by atoms with Crippen molar-refractivity contribution in [1.29, 1.82) is 0 Å². The highest BCUT2D eigenvalue weighted by Crippen LogP contribution is 2.30. The number of rotatable bonds is 4. The van der Waals surface area contributed by atoms with E-state index in [9.17, 15) is 20.0 Å². The molecule has 0 heterocycles. The second-order valence-electron chi connectivity index (χ2n) is 4.69. The summed E-state index contributed by atoms with van der Waals surface area (Å²) in [5.74, 6) is 0. The molecule has 2 amide bonds. The summed E-state index contributed by atoms with van der Waals surface area (Å²) < 4.78 is 0. The van der Waals surface area contributed by atoms with E-state index >= 15 is 0 Å². The quantitative estimate of drug-likeness (QED) is 0.568. The summed E-state index contributed by atoms with van der Waals surface area (Å²) in [5.41, 5.74) is -0.539. The Morgan fingerprint density at radius 2 is 2.21 bits per heavy atom. The molecule has 0 bridgehead atoms. The molecule has 1 aliphatic rings. The molecule has 1 fully saturated rings. The molecule has 0 radical (unpaired) electrons. The Bertz CT molecular complexity index is 500. The van der Waals surface area contributed by atoms with Gasteiger partial charge in [-0.2, -0.15) is 0 Å². The molecule has 0 saturated heterocycles. The number of aliphatic hydroxyl groups is 1. The number of nitrogens with zero attached hydrogens (tertiary/aromatic N) is 1. The van der Waals surface area contributed by atoms with Crippen LogP contribution in [0.15, 0.2) is 24.3 Å². The molecule has 19 heavy (non-hydrogen) atoms. The molecule has 7 heteroatoms. The van der Waals surface area contributed by atoms with E-state index in [0.717, 1.165) is 6.42 Å². The second-order valence-corrected chi connectivity index (χ2v) is 4.69. The van der Waals surface area contributed by atoms with Gasteiger partial charge in [0, 0.05) is 24.4 Å². The number of anilines is 1. The maximum atomic E-state index is 11.6. The molecule has 7 nitrogen and oxygen atoms in total. The van der Waals surface area contributed by atoms with Crippen LogP contribution in [0.2, 0.25) is 0 Å². The highest BCUT2D eigenvalue weighted by atomic mass is 16.6. The Balaban J connectivity index is 1.88. The van der Waals surface area contributed by atoms with Crippen LogP contribution >= 0.6 is 0 Å². The third-order valence-electron chi connectivity index (χ3n) is 3.18. The number of urea groups is 1. The van der Waals surface area contributed by atoms with Crippen molar-refractivity contribution in [3.8, 4) is 0 Å². The second kappa shape index (κ2) is 5.23. The first kappa shape index (κ1) is 13.3. The van der Waals surface area contributed by atoms with E-state index < -0.39 is 16.6 Å². The minimum atomic E-state index is -0.792. The number of hydrogen-bond acceptors (Lipinski definition) is 4. The lowest BCUT2D eigenvalue weighted by Gasteiger charge is -2.36. The average molecular weight is 265 g/mol. The van der Waals surface area contributed by atoms with Gasteiger partial charge in [-0.1, -0.05) is 6.07 Å². The normalized spacial score (nSPS) is 16.3. The van der Waals surface area contributed by atoms with Gasteiger partial charge >= 0.3 is 6.03 Å². The van der Waals surface area contributed by atoms with E-state index in [0.29, 0.717) is 18.5 Å². The Kier molecular flexibility index (Phi) is 3.66. The van der Waals surface area contributed by atoms with Crippen molar-refractivity contribution in [2.24, 2.45) is 0 Å². The van der Waals surface area contributed by atoms with Crippen LogP contribution in [0.1, 0.15) is 19.3 Å². The number of nitro benzene ring substituents is 1. The van der Waals surface area contributed by atoms with E-state index in [1.165, 1.54) is 18.2 Å². The fourth-order valence-corrected chi connectivity index (χ4v) is 1.88. The first-order valence-corrected chi connectivity index (χ1v) is 6.00. The van der Waals surface area contributed by atoms with Gasteiger partial charge in [-0.3, -0.25) is 10.1 Å². The van der Waals surface area contributed by atoms with Crippen LogP contribution in [0.5, 0.6) is 0 Å². The molecule has 2 rings (SSSR count). The number of hydrogen-bond donors (Lipinski definition) is 3. The van der Waals surface area contributed by atoms with Crippen molar-refractivity contribution in [3.63, 3.8) is 0 Å². The topological polar surface area (TPSA) is 104 Å². The molecule has 3 N–H and O–H groups in total. The molecule has 1 aromatic rings. The van der Waals surface area contributed by atoms with Gasteiger partial charge < -0.3 is 15.7 Å². The standard InChI is InChI=1S/C12H15N3O4/c16-11(13-8-12(17)5-2-6-12)14-9-3-1-4-10(7-9)15(18)19/h1,3-4,7,17H,2,5-6,8H2,(H2,13,14,16). The van der Waals surface area contributed by atoms with E-state index in [2.05, 4.69) is 10.6 Å². The summed E-state index contributed by atoms with van der Waals surface area (Å²) in [4.78, 5) is 21.6. The van der Waals surface area contributed by atoms with Crippen LogP contribution in [-0.4, -0.2) is 28.2 Å². The minimum absolute atomic E-state index is 0.0876. The summed E-state index contributed by atoms with van der Waals surface area (Å²) in [6.45, 7) is 0.188. The number of carbonyl (C=O) groups is 1. The zero-order chi connectivity index (χ0) is 13.9. The molecular weight excluding hydrogens is 250 g/mol. The summed E-state index contributed by atoms with van der Waals surface area (Å²) >= 11 is 0. The summed E-state index contributed by atoms with van der Waals surface area (Å²) in [6.07, 6.45) is 2.33. The van der Waals surface area contributed by atoms with Crippen LogP contribution in [0, 0.1) is 10.1 Å². The molecule has 102 valence electrons. The molecule has 0 unspecified atom stereocenters. The zero-order valence-electron chi connectivity index (χ0n) is 10.3. The number of benzene rings is 1. The third-order valence-corrected chi connectivity index (χ3v) is 3.18. The maximum absolute atomic E-state index is 11.6. The largest absolute Gasteiger partial charge is 0.388 e. The summed E-state index contributed by atoms with van der Waals surface area (Å²) in [5, 5.41) is 25.4. The predicted octanol–water partition coefficient (Wildman–Crippen LogP) is 1.63. The van der Waals surface area contributed by atoms with Gasteiger partial charge in [0.05, 0.1) is 10.5 Å². The molecule has 1 aliphatic carbocycles. The van der Waals surface area contributed by atoms with Gasteiger partial charge in [-0.15, -0.1) is 0 Å². The summed E-state index contributed by atoms with van der Waals surface area (Å²) in [7, 11) is 0. The smallest absolute Gasteiger partial charge is 0.319 e. The van der Waals surface area contributed by atoms with Gasteiger partial charge in [-0.25, -0.2) is 4.79 Å². The lowest BCUT2D eigenvalue weighted by atomic mass is 9.80. The molecular formula is C12H15N3O4. The van der Waals surface area contributed by atoms with Gasteiger partial charge in [0.2, 0.25) is 0 Å². The lowest BCUT2D eigenvalue weighted by molar-refractivity contribution is -0.384. The predicted molar refractivity (Wildman–Crippen MR) is 68.9 cm³/mol. The van der Waals surface area contributed by atoms with Crippen molar-refractivity contribution in [2.75, 3.05) is 11.9 Å². The van der Waals surface area contributed by atoms with Gasteiger partial charge in [0.15, 0.2) is 0 Å². The fraction of sp³-hybridized carbons (Fsp3) is 0.417. The fourth-order valence-electron chi connectivity index (χ4n) is 1.88. The maximum Gasteiger partial charge on any atom is 0.319 e. The Hall–Kier alpha value is -2.15. The van der Waals surface area contributed by atoms with Crippen LogP contribution in [-0.2, 0) is 0 Å². The number of amides is 2. The molecule has 0 aromatic heterocycles. The van der Waals surface area contributed by atoms with Crippen molar-refractivity contribution in [3.05, 3.63) is 34.4 Å². The van der Waals surface area contributed by atoms with Gasteiger partial charge in [-0.05, 0) is 25.3 Å². The van der Waals surface area contributed by atoms with Crippen LogP contribution in [0.3, 0.4) is 0 Å². The first-order valence-electron chi connectivity index (χ1n) is 6.00. The Morgan fingerprint density at radius 1 is 1.47 bits per heavy atom. The Labute approximate surface area is 109 Å². The number of nitrogens with one attached hydrogen (secondary N) is 2. The van der Waals surface area contributed by atoms with Crippen molar-refractivity contribution in [1.82, 2.24) is 5.32 Å². The molecule has 1 aromatic carbocycles. The Morgan fingerprint density at radius 3 is 2.79 bits per heavy atom. The van der Waals surface area contributed by atoms with Crippen molar-refractivity contribution < 1.29 is 14.8 Å². The van der Waals surface area contributed by atoms with Crippen LogP contribution in [0.4, 0.5) is 16.2 Å². The van der Waals surface area contributed by atoms with Crippen LogP contribution < -0.4 is 10.6 Å². The van der Waals surface area contributed by atoms with Gasteiger partial charge in [0.1, 0.15) is 0 Å². The molecule has 1 saturated carbocycles. The third kappa shape index (κ3) is 3.41. The van der Waals surface area contributed by atoms with E-state index in [4.69, 9.17) is 0 Å². The molecule has 0 atom stereocenters.